The minimum absolute atomic E-state index is 0.317. The fourth-order valence-corrected chi connectivity index (χ4v) is 3.75. The molecule has 0 saturated heterocycles. The number of hydrogen-bond donors (Lipinski definition) is 1. The average molecular weight is 444 g/mol. The van der Waals surface area contributed by atoms with E-state index in [-0.39, 0.29) is 5.97 Å². The highest BCUT2D eigenvalue weighted by molar-refractivity contribution is 6.35. The van der Waals surface area contributed by atoms with Gasteiger partial charge in [-0.3, -0.25) is 0 Å². The molecule has 156 valence electrons. The van der Waals surface area contributed by atoms with Gasteiger partial charge in [0.15, 0.2) is 0 Å². The molecular formula is C23H23Cl2N3O2. The van der Waals surface area contributed by atoms with Gasteiger partial charge >= 0.3 is 5.97 Å². The number of aryl methyl sites for hydroxylation is 1. The lowest BCUT2D eigenvalue weighted by atomic mass is 10.2. The minimum atomic E-state index is -0.317. The zero-order valence-corrected chi connectivity index (χ0v) is 18.6. The standard InChI is InChI=1S/C23H23Cl2N3O2/c1-4-30-23(29)17-8-10-19(11-9-17)28-15(2)12-18(16(28)3)13-26-27-14-20-21(24)6-5-7-22(20)25/h5-13,27H,4,14H2,1-3H3/b26-13-. The van der Waals surface area contributed by atoms with E-state index in [1.165, 1.54) is 0 Å². The number of benzene rings is 2. The molecule has 0 aliphatic rings. The van der Waals surface area contributed by atoms with Crippen LogP contribution in [0.15, 0.2) is 53.6 Å². The van der Waals surface area contributed by atoms with Crippen LogP contribution in [0.1, 0.15) is 39.8 Å². The van der Waals surface area contributed by atoms with E-state index in [0.717, 1.165) is 28.2 Å². The maximum atomic E-state index is 11.9. The predicted octanol–water partition coefficient (Wildman–Crippen LogP) is 5.70. The van der Waals surface area contributed by atoms with Crippen molar-refractivity contribution in [1.82, 2.24) is 9.99 Å². The highest BCUT2D eigenvalue weighted by Gasteiger charge is 2.11. The first-order chi connectivity index (χ1) is 14.4. The summed E-state index contributed by atoms with van der Waals surface area (Å²) in [4.78, 5) is 11.9. The number of esters is 1. The first-order valence-corrected chi connectivity index (χ1v) is 10.3. The maximum Gasteiger partial charge on any atom is 0.338 e. The maximum absolute atomic E-state index is 11.9. The van der Waals surface area contributed by atoms with Crippen LogP contribution >= 0.6 is 23.2 Å². The molecule has 0 radical (unpaired) electrons. The van der Waals surface area contributed by atoms with Gasteiger partial charge in [-0.2, -0.15) is 5.10 Å². The van der Waals surface area contributed by atoms with Gasteiger partial charge in [0.1, 0.15) is 0 Å². The van der Waals surface area contributed by atoms with E-state index >= 15 is 0 Å². The van der Waals surface area contributed by atoms with Crippen molar-refractivity contribution in [3.63, 3.8) is 0 Å². The third-order valence-corrected chi connectivity index (χ3v) is 5.43. The number of aromatic nitrogens is 1. The molecular weight excluding hydrogens is 421 g/mol. The number of carbonyl (C=O) groups is 1. The molecule has 0 spiro atoms. The Hall–Kier alpha value is -2.76. The lowest BCUT2D eigenvalue weighted by Gasteiger charge is -2.10. The summed E-state index contributed by atoms with van der Waals surface area (Å²) in [5.41, 5.74) is 8.40. The molecule has 1 N–H and O–H groups in total. The normalized spacial score (nSPS) is 11.1. The Labute approximate surface area is 186 Å². The van der Waals surface area contributed by atoms with Crippen molar-refractivity contribution in [3.05, 3.63) is 86.7 Å². The third-order valence-electron chi connectivity index (χ3n) is 4.72. The highest BCUT2D eigenvalue weighted by atomic mass is 35.5. The molecule has 1 heterocycles. The number of nitrogens with zero attached hydrogens (tertiary/aromatic N) is 2. The zero-order valence-electron chi connectivity index (χ0n) is 17.1. The third kappa shape index (κ3) is 4.86. The van der Waals surface area contributed by atoms with E-state index in [2.05, 4.69) is 21.2 Å². The van der Waals surface area contributed by atoms with Gasteiger partial charge in [0.05, 0.1) is 24.9 Å². The van der Waals surface area contributed by atoms with Gasteiger partial charge in [0.2, 0.25) is 0 Å². The summed E-state index contributed by atoms with van der Waals surface area (Å²) < 4.78 is 7.15. The molecule has 3 aromatic rings. The number of carbonyl (C=O) groups excluding carboxylic acids is 1. The second-order valence-corrected chi connectivity index (χ2v) is 7.54. The Morgan fingerprint density at radius 2 is 1.80 bits per heavy atom. The van der Waals surface area contributed by atoms with Gasteiger partial charge < -0.3 is 14.7 Å². The van der Waals surface area contributed by atoms with Gasteiger partial charge in [-0.1, -0.05) is 29.3 Å². The average Bonchev–Trinajstić information content (AvgIpc) is 3.00. The molecule has 0 atom stereocenters. The predicted molar refractivity (Wildman–Crippen MR) is 122 cm³/mol. The fourth-order valence-electron chi connectivity index (χ4n) is 3.22. The van der Waals surface area contributed by atoms with E-state index in [4.69, 9.17) is 27.9 Å². The fraction of sp³-hybridized carbons (Fsp3) is 0.217. The molecule has 5 nitrogen and oxygen atoms in total. The molecule has 0 unspecified atom stereocenters. The Morgan fingerprint density at radius 1 is 1.13 bits per heavy atom. The van der Waals surface area contributed by atoms with Crippen molar-refractivity contribution in [1.29, 1.82) is 0 Å². The van der Waals surface area contributed by atoms with E-state index in [0.29, 0.717) is 28.8 Å². The van der Waals surface area contributed by atoms with Gasteiger partial charge in [-0.05, 0) is 63.2 Å². The number of nitrogens with one attached hydrogen (secondary N) is 1. The summed E-state index contributed by atoms with van der Waals surface area (Å²) in [7, 11) is 0. The van der Waals surface area contributed by atoms with Crippen LogP contribution in [0.5, 0.6) is 0 Å². The monoisotopic (exact) mass is 443 g/mol. The lowest BCUT2D eigenvalue weighted by molar-refractivity contribution is 0.0526. The molecule has 3 rings (SSSR count). The number of rotatable bonds is 7. The van der Waals surface area contributed by atoms with Gasteiger partial charge in [-0.15, -0.1) is 0 Å². The van der Waals surface area contributed by atoms with Crippen LogP contribution in [0, 0.1) is 13.8 Å². The largest absolute Gasteiger partial charge is 0.462 e. The highest BCUT2D eigenvalue weighted by Crippen LogP contribution is 2.24. The number of ether oxygens (including phenoxy) is 1. The Kier molecular flexibility index (Phi) is 7.19. The van der Waals surface area contributed by atoms with E-state index in [1.807, 2.05) is 32.0 Å². The second kappa shape index (κ2) is 9.83. The second-order valence-electron chi connectivity index (χ2n) is 6.72. The number of hydrazone groups is 1. The van der Waals surface area contributed by atoms with Crippen LogP contribution in [-0.4, -0.2) is 23.4 Å². The summed E-state index contributed by atoms with van der Waals surface area (Å²) in [6.45, 7) is 6.64. The van der Waals surface area contributed by atoms with Crippen molar-refractivity contribution >= 4 is 35.4 Å². The summed E-state index contributed by atoms with van der Waals surface area (Å²) in [5.74, 6) is -0.317. The number of halogens is 2. The first-order valence-electron chi connectivity index (χ1n) is 9.57. The van der Waals surface area contributed by atoms with Crippen LogP contribution in [0.2, 0.25) is 10.0 Å². The van der Waals surface area contributed by atoms with Crippen LogP contribution in [0.25, 0.3) is 5.69 Å². The molecule has 30 heavy (non-hydrogen) atoms. The molecule has 0 aliphatic carbocycles. The topological polar surface area (TPSA) is 55.6 Å². The molecule has 1 aromatic heterocycles. The van der Waals surface area contributed by atoms with Crippen molar-refractivity contribution in [2.75, 3.05) is 6.61 Å². The van der Waals surface area contributed by atoms with Crippen LogP contribution in [0.4, 0.5) is 0 Å². The van der Waals surface area contributed by atoms with Crippen molar-refractivity contribution in [2.45, 2.75) is 27.3 Å². The van der Waals surface area contributed by atoms with E-state index < -0.39 is 0 Å². The minimum Gasteiger partial charge on any atom is -0.462 e. The number of hydrogen-bond acceptors (Lipinski definition) is 4. The lowest BCUT2D eigenvalue weighted by Crippen LogP contribution is -2.07. The molecule has 0 fully saturated rings. The molecule has 0 bridgehead atoms. The molecule has 7 heteroatoms. The van der Waals surface area contributed by atoms with E-state index in [1.54, 1.807) is 37.4 Å². The Morgan fingerprint density at radius 3 is 2.43 bits per heavy atom. The van der Waals surface area contributed by atoms with Gasteiger partial charge in [-0.25, -0.2) is 4.79 Å². The van der Waals surface area contributed by atoms with Crippen LogP contribution in [-0.2, 0) is 11.3 Å². The summed E-state index contributed by atoms with van der Waals surface area (Å²) in [6, 6.07) is 14.8. The van der Waals surface area contributed by atoms with Crippen LogP contribution in [0.3, 0.4) is 0 Å². The Balaban J connectivity index is 1.74. The molecule has 0 saturated carbocycles. The zero-order chi connectivity index (χ0) is 21.7. The summed E-state index contributed by atoms with van der Waals surface area (Å²) in [6.07, 6.45) is 1.77. The van der Waals surface area contributed by atoms with Crippen molar-refractivity contribution in [3.8, 4) is 5.69 Å². The van der Waals surface area contributed by atoms with Gasteiger partial charge in [0.25, 0.3) is 0 Å². The summed E-state index contributed by atoms with van der Waals surface area (Å²) >= 11 is 12.4. The SMILES string of the molecule is CCOC(=O)c1ccc(-n2c(C)cc(/C=N\NCc3c(Cl)cccc3Cl)c2C)cc1. The molecule has 2 aromatic carbocycles. The van der Waals surface area contributed by atoms with Crippen molar-refractivity contribution in [2.24, 2.45) is 5.10 Å². The smallest absolute Gasteiger partial charge is 0.338 e. The first kappa shape index (κ1) is 21.9. The molecule has 0 aliphatic heterocycles. The summed E-state index contributed by atoms with van der Waals surface area (Å²) in [5, 5.41) is 5.53. The van der Waals surface area contributed by atoms with E-state index in [9.17, 15) is 4.79 Å². The Bertz CT molecular complexity index is 1050. The quantitative estimate of drug-likeness (QED) is 0.289. The molecule has 0 amide bonds. The van der Waals surface area contributed by atoms with Crippen molar-refractivity contribution < 1.29 is 9.53 Å². The van der Waals surface area contributed by atoms with Gasteiger partial charge in [0, 0.05) is 38.2 Å². The van der Waals surface area contributed by atoms with Crippen LogP contribution < -0.4 is 5.43 Å².